The van der Waals surface area contributed by atoms with Crippen molar-refractivity contribution >= 4 is 33.3 Å². The monoisotopic (exact) mass is 344 g/mol. The highest BCUT2D eigenvalue weighted by atomic mass is 79.9. The summed E-state index contributed by atoms with van der Waals surface area (Å²) in [6.45, 7) is 3.93. The molecule has 0 aromatic heterocycles. The van der Waals surface area contributed by atoms with Crippen molar-refractivity contribution in [3.05, 3.63) is 32.8 Å². The molecule has 20 heavy (non-hydrogen) atoms. The number of esters is 1. The molecule has 1 rings (SSSR count). The molecule has 0 heterocycles. The predicted molar refractivity (Wildman–Crippen MR) is 79.7 cm³/mol. The van der Waals surface area contributed by atoms with Gasteiger partial charge >= 0.3 is 5.97 Å². The molecule has 0 saturated heterocycles. The Kier molecular flexibility index (Phi) is 5.94. The first-order valence-corrected chi connectivity index (χ1v) is 6.92. The number of carbonyl (C=O) groups excluding carboxylic acids is 1. The lowest BCUT2D eigenvalue weighted by molar-refractivity contribution is -0.384. The van der Waals surface area contributed by atoms with E-state index in [0.29, 0.717) is 16.6 Å². The van der Waals surface area contributed by atoms with Crippen LogP contribution in [-0.2, 0) is 9.53 Å². The van der Waals surface area contributed by atoms with Gasteiger partial charge in [-0.2, -0.15) is 0 Å². The third-order valence-electron chi connectivity index (χ3n) is 2.68. The minimum Gasteiger partial charge on any atom is -0.467 e. The minimum atomic E-state index is -0.611. The summed E-state index contributed by atoms with van der Waals surface area (Å²) in [7, 11) is 1.30. The largest absolute Gasteiger partial charge is 0.467 e. The van der Waals surface area contributed by atoms with Gasteiger partial charge < -0.3 is 10.1 Å². The highest BCUT2D eigenvalue weighted by Gasteiger charge is 2.24. The Labute approximate surface area is 125 Å². The second kappa shape index (κ2) is 7.23. The Morgan fingerprint density at radius 1 is 1.50 bits per heavy atom. The van der Waals surface area contributed by atoms with E-state index in [4.69, 9.17) is 4.74 Å². The zero-order valence-corrected chi connectivity index (χ0v) is 13.1. The molecule has 1 N–H and O–H groups in total. The summed E-state index contributed by atoms with van der Waals surface area (Å²) in [6.07, 6.45) is 0.528. The number of halogens is 1. The molecular weight excluding hydrogens is 328 g/mol. The first-order chi connectivity index (χ1) is 9.35. The number of nitrogens with one attached hydrogen (secondary N) is 1. The molecule has 0 bridgehead atoms. The molecule has 0 spiro atoms. The van der Waals surface area contributed by atoms with Crippen LogP contribution in [0.1, 0.15) is 20.3 Å². The fraction of sp³-hybridized carbons (Fsp3) is 0.462. The highest BCUT2D eigenvalue weighted by molar-refractivity contribution is 9.10. The van der Waals surface area contributed by atoms with Crippen LogP contribution in [0.15, 0.2) is 22.7 Å². The third-order valence-corrected chi connectivity index (χ3v) is 3.17. The van der Waals surface area contributed by atoms with Gasteiger partial charge in [0.2, 0.25) is 0 Å². The Morgan fingerprint density at radius 3 is 2.65 bits per heavy atom. The first-order valence-electron chi connectivity index (χ1n) is 6.13. The van der Waals surface area contributed by atoms with Crippen LogP contribution >= 0.6 is 15.9 Å². The smallest absolute Gasteiger partial charge is 0.328 e. The van der Waals surface area contributed by atoms with Crippen molar-refractivity contribution in [3.8, 4) is 0 Å². The third kappa shape index (κ3) is 4.48. The van der Waals surface area contributed by atoms with Crippen LogP contribution in [0.2, 0.25) is 0 Å². The maximum atomic E-state index is 11.7. The number of carbonyl (C=O) groups is 1. The van der Waals surface area contributed by atoms with Gasteiger partial charge in [-0.1, -0.05) is 29.8 Å². The summed E-state index contributed by atoms with van der Waals surface area (Å²) in [6, 6.07) is 4.03. The number of benzene rings is 1. The molecule has 0 aliphatic rings. The molecule has 7 heteroatoms. The summed E-state index contributed by atoms with van der Waals surface area (Å²) in [5.41, 5.74) is 0.214. The average molecular weight is 345 g/mol. The molecule has 0 radical (unpaired) electrons. The Morgan fingerprint density at radius 2 is 2.15 bits per heavy atom. The van der Waals surface area contributed by atoms with Gasteiger partial charge in [-0.25, -0.2) is 4.79 Å². The molecule has 110 valence electrons. The number of hydrogen-bond donors (Lipinski definition) is 1. The number of methoxy groups -OCH3 is 1. The van der Waals surface area contributed by atoms with Crippen molar-refractivity contribution in [3.63, 3.8) is 0 Å². The Hall–Kier alpha value is -1.63. The highest BCUT2D eigenvalue weighted by Crippen LogP contribution is 2.29. The fourth-order valence-electron chi connectivity index (χ4n) is 1.79. The normalized spacial score (nSPS) is 12.1. The van der Waals surface area contributed by atoms with E-state index in [1.807, 2.05) is 13.8 Å². The number of anilines is 1. The number of nitrogens with zero attached hydrogens (tertiary/aromatic N) is 1. The molecule has 0 fully saturated rings. The summed E-state index contributed by atoms with van der Waals surface area (Å²) in [4.78, 5) is 22.3. The van der Waals surface area contributed by atoms with Crippen LogP contribution in [0.3, 0.4) is 0 Å². The second-order valence-electron chi connectivity index (χ2n) is 4.77. The zero-order valence-electron chi connectivity index (χ0n) is 11.6. The van der Waals surface area contributed by atoms with Gasteiger partial charge in [0.15, 0.2) is 0 Å². The van der Waals surface area contributed by atoms with E-state index in [1.54, 1.807) is 12.1 Å². The van der Waals surface area contributed by atoms with Crippen molar-refractivity contribution < 1.29 is 14.5 Å². The summed E-state index contributed by atoms with van der Waals surface area (Å²) >= 11 is 3.19. The maximum Gasteiger partial charge on any atom is 0.328 e. The molecule has 1 unspecified atom stereocenters. The van der Waals surface area contributed by atoms with Crippen molar-refractivity contribution in [2.75, 3.05) is 12.4 Å². The summed E-state index contributed by atoms with van der Waals surface area (Å²) < 4.78 is 5.33. The molecule has 0 aliphatic heterocycles. The fourth-order valence-corrected chi connectivity index (χ4v) is 2.14. The minimum absolute atomic E-state index is 0.0861. The predicted octanol–water partition coefficient (Wildman–Crippen LogP) is 3.36. The molecule has 1 atom stereocenters. The van der Waals surface area contributed by atoms with Crippen LogP contribution < -0.4 is 5.32 Å². The van der Waals surface area contributed by atoms with Crippen molar-refractivity contribution in [1.29, 1.82) is 0 Å². The molecule has 0 aliphatic carbocycles. The van der Waals surface area contributed by atoms with Crippen LogP contribution in [0.4, 0.5) is 11.4 Å². The van der Waals surface area contributed by atoms with E-state index in [2.05, 4.69) is 21.2 Å². The van der Waals surface area contributed by atoms with E-state index in [0.717, 1.165) is 0 Å². The Bertz CT molecular complexity index is 505. The topological polar surface area (TPSA) is 81.5 Å². The van der Waals surface area contributed by atoms with Gasteiger partial charge in [-0.15, -0.1) is 0 Å². The van der Waals surface area contributed by atoms with Crippen molar-refractivity contribution in [2.45, 2.75) is 26.3 Å². The van der Waals surface area contributed by atoms with E-state index >= 15 is 0 Å². The van der Waals surface area contributed by atoms with Gasteiger partial charge in [0.1, 0.15) is 11.7 Å². The Balaban J connectivity index is 3.04. The lowest BCUT2D eigenvalue weighted by atomic mass is 10.0. The quantitative estimate of drug-likeness (QED) is 0.486. The van der Waals surface area contributed by atoms with E-state index < -0.39 is 16.9 Å². The second-order valence-corrected chi connectivity index (χ2v) is 5.68. The molecule has 1 aromatic carbocycles. The standard InChI is InChI=1S/C13H17BrN2O4/c1-8(2)6-11(13(17)20-3)15-10-5-4-9(14)7-12(10)16(18)19/h4-5,7-8,11,15H,6H2,1-3H3. The lowest BCUT2D eigenvalue weighted by Gasteiger charge is -2.19. The molecule has 0 saturated carbocycles. The lowest BCUT2D eigenvalue weighted by Crippen LogP contribution is -2.32. The van der Waals surface area contributed by atoms with Crippen LogP contribution in [0.5, 0.6) is 0 Å². The van der Waals surface area contributed by atoms with Crippen LogP contribution in [-0.4, -0.2) is 24.0 Å². The summed E-state index contributed by atoms with van der Waals surface area (Å²) in [5.74, 6) is -0.183. The van der Waals surface area contributed by atoms with E-state index in [1.165, 1.54) is 13.2 Å². The molecule has 0 amide bonds. The van der Waals surface area contributed by atoms with Crippen molar-refractivity contribution in [1.82, 2.24) is 0 Å². The molecule has 1 aromatic rings. The zero-order chi connectivity index (χ0) is 15.3. The SMILES string of the molecule is COC(=O)C(CC(C)C)Nc1ccc(Br)cc1[N+](=O)[O-]. The van der Waals surface area contributed by atoms with Crippen molar-refractivity contribution in [2.24, 2.45) is 5.92 Å². The molecular formula is C13H17BrN2O4. The number of hydrogen-bond acceptors (Lipinski definition) is 5. The number of rotatable bonds is 6. The first kappa shape index (κ1) is 16.4. The van der Waals surface area contributed by atoms with Crippen LogP contribution in [0, 0.1) is 16.0 Å². The van der Waals surface area contributed by atoms with E-state index in [-0.39, 0.29) is 11.6 Å². The van der Waals surface area contributed by atoms with Gasteiger partial charge in [0.05, 0.1) is 12.0 Å². The van der Waals surface area contributed by atoms with Gasteiger partial charge in [0.25, 0.3) is 5.69 Å². The van der Waals surface area contributed by atoms with Crippen LogP contribution in [0.25, 0.3) is 0 Å². The maximum absolute atomic E-state index is 11.7. The van der Waals surface area contributed by atoms with Gasteiger partial charge in [-0.05, 0) is 24.5 Å². The number of ether oxygens (including phenoxy) is 1. The van der Waals surface area contributed by atoms with Gasteiger partial charge in [-0.3, -0.25) is 10.1 Å². The summed E-state index contributed by atoms with van der Waals surface area (Å²) in [5, 5.41) is 13.9. The van der Waals surface area contributed by atoms with Gasteiger partial charge in [0, 0.05) is 10.5 Å². The average Bonchev–Trinajstić information content (AvgIpc) is 2.38. The number of nitro groups is 1. The van der Waals surface area contributed by atoms with E-state index in [9.17, 15) is 14.9 Å². The number of nitro benzene ring substituents is 1. The molecule has 6 nitrogen and oxygen atoms in total.